The molecule has 102 valence electrons. The van der Waals surface area contributed by atoms with E-state index in [9.17, 15) is 0 Å². The lowest BCUT2D eigenvalue weighted by Crippen LogP contribution is -1.96. The fourth-order valence-corrected chi connectivity index (χ4v) is 2.19. The summed E-state index contributed by atoms with van der Waals surface area (Å²) >= 11 is 0. The van der Waals surface area contributed by atoms with Gasteiger partial charge in [-0.1, -0.05) is 57.1 Å². The van der Waals surface area contributed by atoms with E-state index in [2.05, 4.69) is 57.1 Å². The molecule has 0 unspecified atom stereocenters. The summed E-state index contributed by atoms with van der Waals surface area (Å²) in [6.07, 6.45) is 0.853. The fraction of sp³-hybridized carbons (Fsp3) is 0.438. The number of nitrogens with zero attached hydrogens (tertiary/aromatic N) is 1. The molecule has 0 aliphatic carbocycles. The fourth-order valence-electron chi connectivity index (χ4n) is 2.19. The van der Waals surface area contributed by atoms with E-state index in [0.29, 0.717) is 17.7 Å². The second kappa shape index (κ2) is 5.47. The molecule has 2 N–H and O–H groups in total. The molecule has 0 saturated carbocycles. The zero-order valence-corrected chi connectivity index (χ0v) is 12.1. The van der Waals surface area contributed by atoms with E-state index in [0.717, 1.165) is 23.3 Å². The topological polar surface area (TPSA) is 52.0 Å². The molecule has 0 saturated heterocycles. The minimum atomic E-state index is 0.480. The number of nitrogen functional groups attached to an aromatic ring is 1. The summed E-state index contributed by atoms with van der Waals surface area (Å²) in [7, 11) is 0. The first-order valence-corrected chi connectivity index (χ1v) is 6.83. The number of anilines is 1. The molecule has 0 aliphatic heterocycles. The van der Waals surface area contributed by atoms with Crippen molar-refractivity contribution in [1.29, 1.82) is 0 Å². The van der Waals surface area contributed by atoms with E-state index in [1.54, 1.807) is 0 Å². The van der Waals surface area contributed by atoms with Crippen molar-refractivity contribution in [2.45, 2.75) is 40.0 Å². The maximum atomic E-state index is 5.94. The SMILES string of the molecule is CC(C)Cc1onc(N)c1-c1ccc(C(C)C)cc1. The van der Waals surface area contributed by atoms with E-state index in [-0.39, 0.29) is 0 Å². The monoisotopic (exact) mass is 258 g/mol. The van der Waals surface area contributed by atoms with Crippen molar-refractivity contribution in [2.75, 3.05) is 5.73 Å². The largest absolute Gasteiger partial charge is 0.380 e. The molecule has 19 heavy (non-hydrogen) atoms. The van der Waals surface area contributed by atoms with E-state index < -0.39 is 0 Å². The number of rotatable bonds is 4. The van der Waals surface area contributed by atoms with Crippen LogP contribution in [0.1, 0.15) is 44.9 Å². The Morgan fingerprint density at radius 1 is 1.11 bits per heavy atom. The Morgan fingerprint density at radius 2 is 1.74 bits per heavy atom. The van der Waals surface area contributed by atoms with Gasteiger partial charge in [0, 0.05) is 6.42 Å². The van der Waals surface area contributed by atoms with Gasteiger partial charge in [0.05, 0.1) is 5.56 Å². The van der Waals surface area contributed by atoms with Gasteiger partial charge in [0.15, 0.2) is 5.82 Å². The van der Waals surface area contributed by atoms with Crippen LogP contribution in [-0.4, -0.2) is 5.16 Å². The Labute approximate surface area is 114 Å². The molecule has 0 radical (unpaired) electrons. The van der Waals surface area contributed by atoms with Crippen molar-refractivity contribution in [1.82, 2.24) is 5.16 Å². The second-order valence-electron chi connectivity index (χ2n) is 5.74. The Kier molecular flexibility index (Phi) is 3.93. The highest BCUT2D eigenvalue weighted by molar-refractivity contribution is 5.75. The number of hydrogen-bond donors (Lipinski definition) is 1. The van der Waals surface area contributed by atoms with Gasteiger partial charge in [0.1, 0.15) is 5.76 Å². The third-order valence-electron chi connectivity index (χ3n) is 3.25. The standard InChI is InChI=1S/C16H22N2O/c1-10(2)9-14-15(16(17)18-19-14)13-7-5-12(6-8-13)11(3)4/h5-8,10-11H,9H2,1-4H3,(H2,17,18). The third kappa shape index (κ3) is 2.98. The van der Waals surface area contributed by atoms with Crippen molar-refractivity contribution in [3.8, 4) is 11.1 Å². The van der Waals surface area contributed by atoms with Crippen LogP contribution in [-0.2, 0) is 6.42 Å². The van der Waals surface area contributed by atoms with Gasteiger partial charge in [-0.15, -0.1) is 0 Å². The molecule has 2 aromatic rings. The second-order valence-corrected chi connectivity index (χ2v) is 5.74. The number of nitrogens with two attached hydrogens (primary N) is 1. The maximum absolute atomic E-state index is 5.94. The van der Waals surface area contributed by atoms with Crippen molar-refractivity contribution < 1.29 is 4.52 Å². The molecule has 0 fully saturated rings. The van der Waals surface area contributed by atoms with Gasteiger partial charge in [-0.2, -0.15) is 0 Å². The lowest BCUT2D eigenvalue weighted by atomic mass is 9.97. The third-order valence-corrected chi connectivity index (χ3v) is 3.25. The van der Waals surface area contributed by atoms with Crippen LogP contribution in [0.15, 0.2) is 28.8 Å². The molecule has 0 bridgehead atoms. The van der Waals surface area contributed by atoms with Gasteiger partial charge >= 0.3 is 0 Å². The molecule has 0 aliphatic rings. The lowest BCUT2D eigenvalue weighted by molar-refractivity contribution is 0.372. The van der Waals surface area contributed by atoms with E-state index in [1.807, 2.05) is 0 Å². The van der Waals surface area contributed by atoms with Gasteiger partial charge < -0.3 is 10.3 Å². The predicted octanol–water partition coefficient (Wildman–Crippen LogP) is 4.25. The van der Waals surface area contributed by atoms with Crippen LogP contribution in [0.25, 0.3) is 11.1 Å². The van der Waals surface area contributed by atoms with E-state index in [4.69, 9.17) is 10.3 Å². The average Bonchev–Trinajstić information content (AvgIpc) is 2.70. The Hall–Kier alpha value is -1.77. The van der Waals surface area contributed by atoms with Gasteiger partial charge in [-0.05, 0) is 23.0 Å². The highest BCUT2D eigenvalue weighted by atomic mass is 16.5. The van der Waals surface area contributed by atoms with Crippen LogP contribution in [0.3, 0.4) is 0 Å². The summed E-state index contributed by atoms with van der Waals surface area (Å²) in [5, 5.41) is 3.91. The van der Waals surface area contributed by atoms with Crippen molar-refractivity contribution >= 4 is 5.82 Å². The smallest absolute Gasteiger partial charge is 0.175 e. The molecular weight excluding hydrogens is 236 g/mol. The van der Waals surface area contributed by atoms with E-state index in [1.165, 1.54) is 5.56 Å². The highest BCUT2D eigenvalue weighted by Crippen LogP contribution is 2.31. The summed E-state index contributed by atoms with van der Waals surface area (Å²) < 4.78 is 5.36. The molecule has 0 amide bonds. The average molecular weight is 258 g/mol. The molecule has 1 aromatic heterocycles. The maximum Gasteiger partial charge on any atom is 0.175 e. The van der Waals surface area contributed by atoms with Crippen LogP contribution in [0, 0.1) is 5.92 Å². The first-order valence-electron chi connectivity index (χ1n) is 6.83. The van der Waals surface area contributed by atoms with Crippen molar-refractivity contribution in [3.63, 3.8) is 0 Å². The zero-order valence-electron chi connectivity index (χ0n) is 12.1. The highest BCUT2D eigenvalue weighted by Gasteiger charge is 2.16. The van der Waals surface area contributed by atoms with Crippen molar-refractivity contribution in [2.24, 2.45) is 5.92 Å². The first-order chi connectivity index (χ1) is 8.99. The van der Waals surface area contributed by atoms with Crippen LogP contribution >= 0.6 is 0 Å². The number of aromatic nitrogens is 1. The van der Waals surface area contributed by atoms with Gasteiger partial charge in [-0.3, -0.25) is 0 Å². The molecule has 0 atom stereocenters. The molecule has 1 heterocycles. The van der Waals surface area contributed by atoms with E-state index >= 15 is 0 Å². The Bertz CT molecular complexity index is 538. The summed E-state index contributed by atoms with van der Waals surface area (Å²) in [4.78, 5) is 0. The molecule has 3 heteroatoms. The quantitative estimate of drug-likeness (QED) is 0.892. The Morgan fingerprint density at radius 3 is 2.26 bits per heavy atom. The van der Waals surface area contributed by atoms with Crippen LogP contribution in [0.2, 0.25) is 0 Å². The zero-order chi connectivity index (χ0) is 14.0. The molecule has 3 nitrogen and oxygen atoms in total. The first kappa shape index (κ1) is 13.7. The minimum absolute atomic E-state index is 0.480. The van der Waals surface area contributed by atoms with Crippen LogP contribution in [0.5, 0.6) is 0 Å². The molecular formula is C16H22N2O. The molecule has 2 rings (SSSR count). The minimum Gasteiger partial charge on any atom is -0.380 e. The summed E-state index contributed by atoms with van der Waals surface area (Å²) in [6.45, 7) is 8.69. The van der Waals surface area contributed by atoms with Crippen molar-refractivity contribution in [3.05, 3.63) is 35.6 Å². The van der Waals surface area contributed by atoms with Crippen LogP contribution in [0.4, 0.5) is 5.82 Å². The summed E-state index contributed by atoms with van der Waals surface area (Å²) in [5.41, 5.74) is 9.30. The number of hydrogen-bond acceptors (Lipinski definition) is 3. The Balaban J connectivity index is 2.38. The number of benzene rings is 1. The summed E-state index contributed by atoms with van der Waals surface area (Å²) in [5.74, 6) is 2.41. The lowest BCUT2D eigenvalue weighted by Gasteiger charge is -2.08. The molecule has 0 spiro atoms. The predicted molar refractivity (Wildman–Crippen MR) is 79.0 cm³/mol. The molecule has 1 aromatic carbocycles. The van der Waals surface area contributed by atoms with Crippen LogP contribution < -0.4 is 5.73 Å². The normalized spacial score (nSPS) is 11.5. The summed E-state index contributed by atoms with van der Waals surface area (Å²) in [6, 6.07) is 8.49. The van der Waals surface area contributed by atoms with Gasteiger partial charge in [0.25, 0.3) is 0 Å². The van der Waals surface area contributed by atoms with Gasteiger partial charge in [0.2, 0.25) is 0 Å². The van der Waals surface area contributed by atoms with Gasteiger partial charge in [-0.25, -0.2) is 0 Å².